The Kier molecular flexibility index (Phi) is 8.54. The molecule has 0 spiro atoms. The van der Waals surface area contributed by atoms with E-state index in [1.807, 2.05) is 19.1 Å². The average molecular weight is 409 g/mol. The molecule has 7 heteroatoms. The van der Waals surface area contributed by atoms with E-state index < -0.39 is 12.1 Å². The summed E-state index contributed by atoms with van der Waals surface area (Å²) >= 11 is 6.41. The first-order valence-electron chi connectivity index (χ1n) is 9.24. The standard InChI is InChI=1S/C21H25ClO6/c1-3-26-13-27-18-12-17(24)19-16(20(18)22)11-15(23)10-8-6-4-5-7-9-14(2)28-21(19)25/h5,7-8,10,12,14,24H,3-4,6,9,11,13H2,1-2H3/t14-/m1/s1. The summed E-state index contributed by atoms with van der Waals surface area (Å²) in [4.78, 5) is 25.0. The quantitative estimate of drug-likeness (QED) is 0.345. The molecule has 1 atom stereocenters. The van der Waals surface area contributed by atoms with Crippen molar-refractivity contribution in [3.63, 3.8) is 0 Å². The summed E-state index contributed by atoms with van der Waals surface area (Å²) in [5.41, 5.74) is 0.0519. The number of allylic oxidation sites excluding steroid dienone is 3. The van der Waals surface area contributed by atoms with Crippen LogP contribution in [0.3, 0.4) is 0 Å². The van der Waals surface area contributed by atoms with Gasteiger partial charge in [-0.3, -0.25) is 4.79 Å². The zero-order valence-electron chi connectivity index (χ0n) is 16.1. The second-order valence-electron chi connectivity index (χ2n) is 6.36. The van der Waals surface area contributed by atoms with Gasteiger partial charge in [-0.05, 0) is 32.8 Å². The predicted molar refractivity (Wildman–Crippen MR) is 106 cm³/mol. The Morgan fingerprint density at radius 2 is 2.00 bits per heavy atom. The van der Waals surface area contributed by atoms with Crippen LogP contribution in [0.5, 0.6) is 11.5 Å². The van der Waals surface area contributed by atoms with Gasteiger partial charge in [0.1, 0.15) is 23.2 Å². The minimum absolute atomic E-state index is 0.0733. The highest BCUT2D eigenvalue weighted by atomic mass is 35.5. The Balaban J connectivity index is 2.46. The number of aromatic hydroxyl groups is 1. The van der Waals surface area contributed by atoms with E-state index in [1.165, 1.54) is 12.1 Å². The first kappa shape index (κ1) is 22.0. The van der Waals surface area contributed by atoms with Crippen LogP contribution < -0.4 is 4.74 Å². The fourth-order valence-corrected chi connectivity index (χ4v) is 2.97. The highest BCUT2D eigenvalue weighted by Crippen LogP contribution is 2.38. The fraction of sp³-hybridized carbons (Fsp3) is 0.429. The number of hydrogen-bond donors (Lipinski definition) is 1. The van der Waals surface area contributed by atoms with Crippen molar-refractivity contribution >= 4 is 23.4 Å². The number of rotatable bonds is 4. The number of hydrogen-bond acceptors (Lipinski definition) is 6. The third-order valence-corrected chi connectivity index (χ3v) is 4.53. The van der Waals surface area contributed by atoms with Crippen molar-refractivity contribution in [1.29, 1.82) is 0 Å². The predicted octanol–water partition coefficient (Wildman–Crippen LogP) is 4.37. The molecule has 152 valence electrons. The molecule has 0 unspecified atom stereocenters. The van der Waals surface area contributed by atoms with Gasteiger partial charge in [0.15, 0.2) is 12.6 Å². The largest absolute Gasteiger partial charge is 0.507 e. The lowest BCUT2D eigenvalue weighted by atomic mass is 9.99. The number of benzene rings is 1. The molecule has 0 amide bonds. The van der Waals surface area contributed by atoms with Crippen molar-refractivity contribution in [1.82, 2.24) is 0 Å². The summed E-state index contributed by atoms with van der Waals surface area (Å²) in [6, 6.07) is 1.23. The van der Waals surface area contributed by atoms with Gasteiger partial charge in [0.05, 0.1) is 5.02 Å². The van der Waals surface area contributed by atoms with Crippen molar-refractivity contribution in [2.75, 3.05) is 13.4 Å². The van der Waals surface area contributed by atoms with Crippen LogP contribution in [0.1, 0.15) is 49.0 Å². The average Bonchev–Trinajstić information content (AvgIpc) is 2.64. The maximum atomic E-state index is 12.7. The molecule has 0 saturated carbocycles. The minimum Gasteiger partial charge on any atom is -0.507 e. The van der Waals surface area contributed by atoms with Crippen LogP contribution in [0.15, 0.2) is 30.4 Å². The van der Waals surface area contributed by atoms with E-state index in [0.29, 0.717) is 13.0 Å². The van der Waals surface area contributed by atoms with Crippen molar-refractivity contribution in [3.05, 3.63) is 46.5 Å². The minimum atomic E-state index is -0.736. The van der Waals surface area contributed by atoms with Crippen LogP contribution >= 0.6 is 11.6 Å². The summed E-state index contributed by atoms with van der Waals surface area (Å²) in [6.07, 6.45) is 8.65. The highest BCUT2D eigenvalue weighted by Gasteiger charge is 2.26. The third-order valence-electron chi connectivity index (χ3n) is 4.11. The number of halogens is 1. The lowest BCUT2D eigenvalue weighted by Gasteiger charge is -2.18. The van der Waals surface area contributed by atoms with Crippen molar-refractivity contribution in [3.8, 4) is 11.5 Å². The number of phenols is 1. The van der Waals surface area contributed by atoms with E-state index in [0.717, 1.165) is 12.8 Å². The Hall–Kier alpha value is -2.31. The van der Waals surface area contributed by atoms with E-state index in [2.05, 4.69) is 0 Å². The summed E-state index contributed by atoms with van der Waals surface area (Å²) < 4.78 is 16.0. The molecular formula is C21H25ClO6. The lowest BCUT2D eigenvalue weighted by Crippen LogP contribution is -2.18. The van der Waals surface area contributed by atoms with Crippen LogP contribution in [0.25, 0.3) is 0 Å². The first-order valence-corrected chi connectivity index (χ1v) is 9.62. The number of ketones is 1. The first-order chi connectivity index (χ1) is 13.4. The molecule has 0 saturated heterocycles. The Morgan fingerprint density at radius 3 is 2.75 bits per heavy atom. The van der Waals surface area contributed by atoms with Crippen LogP contribution in [0.2, 0.25) is 5.02 Å². The number of ether oxygens (including phenoxy) is 3. The number of cyclic esters (lactones) is 1. The molecule has 1 heterocycles. The highest BCUT2D eigenvalue weighted by molar-refractivity contribution is 6.33. The van der Waals surface area contributed by atoms with Crippen molar-refractivity contribution < 1.29 is 28.9 Å². The third kappa shape index (κ3) is 6.11. The topological polar surface area (TPSA) is 82.1 Å². The molecule has 28 heavy (non-hydrogen) atoms. The SMILES string of the molecule is CCOCOc1cc(O)c2c(c1Cl)CC(=O)C=CCCC=CC[C@@H](C)OC2=O. The van der Waals surface area contributed by atoms with Crippen LogP contribution in [0, 0.1) is 0 Å². The zero-order valence-corrected chi connectivity index (χ0v) is 16.8. The van der Waals surface area contributed by atoms with Gasteiger partial charge in [-0.25, -0.2) is 4.79 Å². The number of carbonyl (C=O) groups is 2. The molecular weight excluding hydrogens is 384 g/mol. The van der Waals surface area contributed by atoms with Gasteiger partial charge in [-0.2, -0.15) is 0 Å². The molecule has 6 nitrogen and oxygen atoms in total. The number of phenolic OH excluding ortho intramolecular Hbond substituents is 1. The maximum Gasteiger partial charge on any atom is 0.342 e. The molecule has 0 aliphatic carbocycles. The molecule has 0 aromatic heterocycles. The monoisotopic (exact) mass is 408 g/mol. The fourth-order valence-electron chi connectivity index (χ4n) is 2.70. The molecule has 0 radical (unpaired) electrons. The van der Waals surface area contributed by atoms with Gasteiger partial charge in [0.2, 0.25) is 0 Å². The molecule has 2 rings (SSSR count). The van der Waals surface area contributed by atoms with Gasteiger partial charge in [0, 0.05) is 31.1 Å². The summed E-state index contributed by atoms with van der Waals surface area (Å²) in [6.45, 7) is 3.94. The zero-order chi connectivity index (χ0) is 20.5. The smallest absolute Gasteiger partial charge is 0.342 e. The van der Waals surface area contributed by atoms with Gasteiger partial charge >= 0.3 is 5.97 Å². The van der Waals surface area contributed by atoms with Crippen LogP contribution in [-0.2, 0) is 20.7 Å². The second-order valence-corrected chi connectivity index (χ2v) is 6.74. The van der Waals surface area contributed by atoms with Gasteiger partial charge in [0.25, 0.3) is 0 Å². The molecule has 1 aliphatic rings. The van der Waals surface area contributed by atoms with E-state index in [9.17, 15) is 14.7 Å². The maximum absolute atomic E-state index is 12.7. The molecule has 1 aromatic carbocycles. The van der Waals surface area contributed by atoms with E-state index in [4.69, 9.17) is 25.8 Å². The molecule has 0 fully saturated rings. The van der Waals surface area contributed by atoms with Crippen molar-refractivity contribution in [2.24, 2.45) is 0 Å². The van der Waals surface area contributed by atoms with E-state index >= 15 is 0 Å². The van der Waals surface area contributed by atoms with E-state index in [-0.39, 0.29) is 46.6 Å². The Labute approximate surface area is 169 Å². The van der Waals surface area contributed by atoms with Gasteiger partial charge < -0.3 is 19.3 Å². The molecule has 0 bridgehead atoms. The number of esters is 1. The summed E-state index contributed by atoms with van der Waals surface area (Å²) in [5, 5.41) is 10.5. The van der Waals surface area contributed by atoms with Gasteiger partial charge in [-0.15, -0.1) is 0 Å². The van der Waals surface area contributed by atoms with Crippen LogP contribution in [0.4, 0.5) is 0 Å². The Morgan fingerprint density at radius 1 is 1.25 bits per heavy atom. The summed E-state index contributed by atoms with van der Waals surface area (Å²) in [5.74, 6) is -1.21. The molecule has 1 aromatic rings. The normalized spacial score (nSPS) is 18.3. The lowest BCUT2D eigenvalue weighted by molar-refractivity contribution is -0.114. The number of fused-ring (bicyclic) bond motifs is 1. The number of carbonyl (C=O) groups excluding carboxylic acids is 2. The summed E-state index contributed by atoms with van der Waals surface area (Å²) in [7, 11) is 0. The van der Waals surface area contributed by atoms with E-state index in [1.54, 1.807) is 13.0 Å². The van der Waals surface area contributed by atoms with Crippen molar-refractivity contribution in [2.45, 2.75) is 45.6 Å². The molecule has 1 aliphatic heterocycles. The van der Waals surface area contributed by atoms with Gasteiger partial charge in [-0.1, -0.05) is 29.8 Å². The van der Waals surface area contributed by atoms with Crippen LogP contribution in [-0.4, -0.2) is 36.4 Å². The Bertz CT molecular complexity index is 769. The second kappa shape index (κ2) is 10.9. The molecule has 1 N–H and O–H groups in total.